The molecule has 82 valence electrons. The Morgan fingerprint density at radius 3 is 2.93 bits per heavy atom. The summed E-state index contributed by atoms with van der Waals surface area (Å²) in [6.07, 6.45) is 5.47. The second-order valence-electron chi connectivity index (χ2n) is 4.56. The lowest BCUT2D eigenvalue weighted by Gasteiger charge is -2.39. The zero-order valence-corrected chi connectivity index (χ0v) is 9.93. The normalized spacial score (nSPS) is 40.3. The van der Waals surface area contributed by atoms with Crippen molar-refractivity contribution in [3.63, 3.8) is 0 Å². The average molecular weight is 214 g/mol. The summed E-state index contributed by atoms with van der Waals surface area (Å²) < 4.78 is 0. The molecule has 2 saturated heterocycles. The van der Waals surface area contributed by atoms with Crippen LogP contribution in [0.4, 0.5) is 0 Å². The van der Waals surface area contributed by atoms with E-state index in [0.29, 0.717) is 6.04 Å². The van der Waals surface area contributed by atoms with Crippen molar-refractivity contribution in [1.29, 1.82) is 0 Å². The van der Waals surface area contributed by atoms with Gasteiger partial charge in [0.25, 0.3) is 0 Å². The standard InChI is InChI=1S/C11H22N2S/c1-9-11(5-3-7-14-9)13-6-2-4-10(13)8-12/h9-11H,2-8,12H2,1H3. The van der Waals surface area contributed by atoms with Crippen LogP contribution in [0.3, 0.4) is 0 Å². The second kappa shape index (κ2) is 4.86. The van der Waals surface area contributed by atoms with Crippen molar-refractivity contribution in [2.75, 3.05) is 18.8 Å². The number of rotatable bonds is 2. The molecule has 3 atom stereocenters. The third-order valence-electron chi connectivity index (χ3n) is 3.69. The monoisotopic (exact) mass is 214 g/mol. The highest BCUT2D eigenvalue weighted by atomic mass is 32.2. The van der Waals surface area contributed by atoms with Crippen LogP contribution in [-0.4, -0.2) is 41.1 Å². The van der Waals surface area contributed by atoms with Crippen LogP contribution in [0.2, 0.25) is 0 Å². The summed E-state index contributed by atoms with van der Waals surface area (Å²) >= 11 is 2.14. The highest BCUT2D eigenvalue weighted by Crippen LogP contribution is 2.32. The van der Waals surface area contributed by atoms with E-state index in [2.05, 4.69) is 23.6 Å². The Kier molecular flexibility index (Phi) is 3.74. The maximum Gasteiger partial charge on any atom is 0.0222 e. The van der Waals surface area contributed by atoms with Crippen LogP contribution in [0.25, 0.3) is 0 Å². The van der Waals surface area contributed by atoms with Crippen LogP contribution in [0.1, 0.15) is 32.6 Å². The van der Waals surface area contributed by atoms with Crippen LogP contribution in [0.15, 0.2) is 0 Å². The Morgan fingerprint density at radius 2 is 2.21 bits per heavy atom. The summed E-state index contributed by atoms with van der Waals surface area (Å²) in [7, 11) is 0. The van der Waals surface area contributed by atoms with Gasteiger partial charge in [0.2, 0.25) is 0 Å². The molecule has 0 spiro atoms. The van der Waals surface area contributed by atoms with Crippen molar-refractivity contribution in [1.82, 2.24) is 4.90 Å². The van der Waals surface area contributed by atoms with E-state index in [4.69, 9.17) is 5.73 Å². The van der Waals surface area contributed by atoms with Crippen molar-refractivity contribution in [3.8, 4) is 0 Å². The van der Waals surface area contributed by atoms with Gasteiger partial charge in [0.1, 0.15) is 0 Å². The lowest BCUT2D eigenvalue weighted by Crippen LogP contribution is -2.48. The van der Waals surface area contributed by atoms with Crippen molar-refractivity contribution >= 4 is 11.8 Å². The average Bonchev–Trinajstić information content (AvgIpc) is 2.66. The molecule has 14 heavy (non-hydrogen) atoms. The molecule has 0 saturated carbocycles. The van der Waals surface area contributed by atoms with E-state index in [1.165, 1.54) is 38.0 Å². The van der Waals surface area contributed by atoms with E-state index in [1.807, 2.05) is 0 Å². The molecule has 0 amide bonds. The smallest absolute Gasteiger partial charge is 0.0222 e. The van der Waals surface area contributed by atoms with Crippen LogP contribution < -0.4 is 5.73 Å². The minimum absolute atomic E-state index is 0.682. The molecule has 0 aromatic heterocycles. The molecule has 0 bridgehead atoms. The van der Waals surface area contributed by atoms with E-state index in [0.717, 1.165) is 17.8 Å². The fourth-order valence-corrected chi connectivity index (χ4v) is 4.11. The number of nitrogens with zero attached hydrogens (tertiary/aromatic N) is 1. The van der Waals surface area contributed by atoms with Gasteiger partial charge in [0.05, 0.1) is 0 Å². The van der Waals surface area contributed by atoms with E-state index in [-0.39, 0.29) is 0 Å². The van der Waals surface area contributed by atoms with Crippen LogP contribution in [-0.2, 0) is 0 Å². The number of likely N-dealkylation sites (tertiary alicyclic amines) is 1. The van der Waals surface area contributed by atoms with Gasteiger partial charge >= 0.3 is 0 Å². The Hall–Kier alpha value is 0.270. The van der Waals surface area contributed by atoms with Gasteiger partial charge in [-0.15, -0.1) is 0 Å². The highest BCUT2D eigenvalue weighted by Gasteiger charge is 2.34. The molecule has 3 heteroatoms. The van der Waals surface area contributed by atoms with Gasteiger partial charge in [-0.3, -0.25) is 4.90 Å². The maximum absolute atomic E-state index is 5.83. The third-order valence-corrected chi connectivity index (χ3v) is 5.05. The summed E-state index contributed by atoms with van der Waals surface area (Å²) in [6, 6.07) is 1.49. The summed E-state index contributed by atoms with van der Waals surface area (Å²) in [6.45, 7) is 4.53. The molecule has 2 aliphatic heterocycles. The molecule has 2 nitrogen and oxygen atoms in total. The third kappa shape index (κ3) is 2.10. The van der Waals surface area contributed by atoms with Gasteiger partial charge in [-0.05, 0) is 38.0 Å². The zero-order chi connectivity index (χ0) is 9.97. The van der Waals surface area contributed by atoms with Crippen molar-refractivity contribution in [3.05, 3.63) is 0 Å². The number of hydrogen-bond donors (Lipinski definition) is 1. The Bertz CT molecular complexity index is 186. The van der Waals surface area contributed by atoms with Gasteiger partial charge in [-0.25, -0.2) is 0 Å². The molecular formula is C11H22N2S. The van der Waals surface area contributed by atoms with Crippen LogP contribution in [0.5, 0.6) is 0 Å². The first kappa shape index (κ1) is 10.8. The Balaban J connectivity index is 1.97. The molecule has 2 fully saturated rings. The van der Waals surface area contributed by atoms with Crippen LogP contribution in [0, 0.1) is 0 Å². The molecule has 0 aromatic rings. The van der Waals surface area contributed by atoms with Gasteiger partial charge < -0.3 is 5.73 Å². The summed E-state index contributed by atoms with van der Waals surface area (Å²) in [5.74, 6) is 1.36. The van der Waals surface area contributed by atoms with Crippen molar-refractivity contribution in [2.24, 2.45) is 5.73 Å². The fraction of sp³-hybridized carbons (Fsp3) is 1.00. The largest absolute Gasteiger partial charge is 0.329 e. The Labute approximate surface area is 91.6 Å². The predicted octanol–water partition coefficient (Wildman–Crippen LogP) is 1.69. The van der Waals surface area contributed by atoms with E-state index >= 15 is 0 Å². The summed E-state index contributed by atoms with van der Waals surface area (Å²) in [5, 5.41) is 0.816. The summed E-state index contributed by atoms with van der Waals surface area (Å²) in [4.78, 5) is 2.69. The highest BCUT2D eigenvalue weighted by molar-refractivity contribution is 7.99. The first-order valence-corrected chi connectivity index (χ1v) is 6.95. The predicted molar refractivity (Wildman–Crippen MR) is 63.7 cm³/mol. The van der Waals surface area contributed by atoms with Gasteiger partial charge in [-0.2, -0.15) is 11.8 Å². The van der Waals surface area contributed by atoms with E-state index in [9.17, 15) is 0 Å². The molecule has 3 unspecified atom stereocenters. The molecule has 0 radical (unpaired) electrons. The van der Waals surface area contributed by atoms with Gasteiger partial charge in [-0.1, -0.05) is 6.92 Å². The molecule has 2 N–H and O–H groups in total. The molecule has 0 aliphatic carbocycles. The topological polar surface area (TPSA) is 29.3 Å². The second-order valence-corrected chi connectivity index (χ2v) is 6.04. The van der Waals surface area contributed by atoms with E-state index < -0.39 is 0 Å². The van der Waals surface area contributed by atoms with Crippen LogP contribution >= 0.6 is 11.8 Å². The lowest BCUT2D eigenvalue weighted by atomic mass is 10.1. The SMILES string of the molecule is CC1SCCCC1N1CCCC1CN. The van der Waals surface area contributed by atoms with Crippen molar-refractivity contribution < 1.29 is 0 Å². The first-order chi connectivity index (χ1) is 6.83. The summed E-state index contributed by atoms with van der Waals surface area (Å²) in [5.41, 5.74) is 5.83. The first-order valence-electron chi connectivity index (χ1n) is 5.90. The van der Waals surface area contributed by atoms with E-state index in [1.54, 1.807) is 0 Å². The minimum atomic E-state index is 0.682. The molecule has 2 aliphatic rings. The number of hydrogen-bond acceptors (Lipinski definition) is 3. The maximum atomic E-state index is 5.83. The van der Waals surface area contributed by atoms with Gasteiger partial charge in [0.15, 0.2) is 0 Å². The molecule has 0 aromatic carbocycles. The molecule has 2 heterocycles. The number of nitrogens with two attached hydrogens (primary N) is 1. The molecular weight excluding hydrogens is 192 g/mol. The Morgan fingerprint density at radius 1 is 1.36 bits per heavy atom. The zero-order valence-electron chi connectivity index (χ0n) is 9.11. The van der Waals surface area contributed by atoms with Gasteiger partial charge in [0, 0.05) is 23.9 Å². The molecule has 2 rings (SSSR count). The minimum Gasteiger partial charge on any atom is -0.329 e. The quantitative estimate of drug-likeness (QED) is 0.758. The lowest BCUT2D eigenvalue weighted by molar-refractivity contribution is 0.169. The van der Waals surface area contributed by atoms with Crippen molar-refractivity contribution in [2.45, 2.75) is 49.9 Å². The number of thioether (sulfide) groups is 1. The fourth-order valence-electron chi connectivity index (χ4n) is 2.89.